The van der Waals surface area contributed by atoms with Crippen LogP contribution in [0.15, 0.2) is 18.2 Å². The van der Waals surface area contributed by atoms with Gasteiger partial charge >= 0.3 is 0 Å². The number of hydrogen-bond acceptors (Lipinski definition) is 3. The number of hydrogen-bond donors (Lipinski definition) is 1. The molecular formula is C14H16Cl2N4. The van der Waals surface area contributed by atoms with Gasteiger partial charge in [-0.05, 0) is 36.6 Å². The lowest BCUT2D eigenvalue weighted by Crippen LogP contribution is -2.09. The van der Waals surface area contributed by atoms with Crippen LogP contribution in [0.2, 0.25) is 10.0 Å². The zero-order chi connectivity index (χ0) is 13.9. The molecule has 6 heteroatoms. The van der Waals surface area contributed by atoms with Gasteiger partial charge in [0.1, 0.15) is 5.82 Å². The van der Waals surface area contributed by atoms with E-state index in [0.717, 1.165) is 30.3 Å². The summed E-state index contributed by atoms with van der Waals surface area (Å²) >= 11 is 12.0. The van der Waals surface area contributed by atoms with E-state index in [0.29, 0.717) is 16.6 Å². The van der Waals surface area contributed by atoms with Crippen LogP contribution in [0.25, 0.3) is 0 Å². The van der Waals surface area contributed by atoms with E-state index < -0.39 is 0 Å². The Balaban J connectivity index is 1.73. The lowest BCUT2D eigenvalue weighted by molar-refractivity contribution is 0.635. The molecule has 0 saturated heterocycles. The SMILES string of the molecule is Clc1cc(Cl)cc(CNc2nnc3n2CCCCC3)c1. The Labute approximate surface area is 128 Å². The molecule has 0 amide bonds. The summed E-state index contributed by atoms with van der Waals surface area (Å²) in [6, 6.07) is 5.54. The lowest BCUT2D eigenvalue weighted by atomic mass is 10.2. The minimum Gasteiger partial charge on any atom is -0.350 e. The van der Waals surface area contributed by atoms with Gasteiger partial charge in [-0.25, -0.2) is 0 Å². The highest BCUT2D eigenvalue weighted by Gasteiger charge is 2.14. The zero-order valence-corrected chi connectivity index (χ0v) is 12.6. The smallest absolute Gasteiger partial charge is 0.224 e. The van der Waals surface area contributed by atoms with Crippen LogP contribution in [0.5, 0.6) is 0 Å². The van der Waals surface area contributed by atoms with Crippen LogP contribution in [0.1, 0.15) is 30.7 Å². The average molecular weight is 311 g/mol. The number of nitrogens with one attached hydrogen (secondary N) is 1. The van der Waals surface area contributed by atoms with Crippen molar-refractivity contribution < 1.29 is 0 Å². The topological polar surface area (TPSA) is 42.7 Å². The Kier molecular flexibility index (Phi) is 4.13. The summed E-state index contributed by atoms with van der Waals surface area (Å²) in [6.07, 6.45) is 4.65. The third-order valence-electron chi connectivity index (χ3n) is 3.48. The Morgan fingerprint density at radius 1 is 1.05 bits per heavy atom. The molecule has 20 heavy (non-hydrogen) atoms. The van der Waals surface area contributed by atoms with E-state index in [1.807, 2.05) is 12.1 Å². The molecule has 2 aromatic rings. The van der Waals surface area contributed by atoms with Gasteiger partial charge in [-0.15, -0.1) is 10.2 Å². The molecule has 1 aliphatic heterocycles. The number of halogens is 2. The highest BCUT2D eigenvalue weighted by atomic mass is 35.5. The van der Waals surface area contributed by atoms with Crippen molar-refractivity contribution in [2.75, 3.05) is 5.32 Å². The van der Waals surface area contributed by atoms with Crippen molar-refractivity contribution >= 4 is 29.2 Å². The van der Waals surface area contributed by atoms with Crippen molar-refractivity contribution in [2.45, 2.75) is 38.8 Å². The maximum absolute atomic E-state index is 6.00. The van der Waals surface area contributed by atoms with Gasteiger partial charge < -0.3 is 5.32 Å². The highest BCUT2D eigenvalue weighted by molar-refractivity contribution is 6.34. The largest absolute Gasteiger partial charge is 0.350 e. The predicted octanol–water partition coefficient (Wildman–Crippen LogP) is 3.92. The first-order valence-corrected chi connectivity index (χ1v) is 7.59. The maximum Gasteiger partial charge on any atom is 0.224 e. The van der Waals surface area contributed by atoms with Crippen LogP contribution in [0.4, 0.5) is 5.95 Å². The number of fused-ring (bicyclic) bond motifs is 1. The van der Waals surface area contributed by atoms with Crippen molar-refractivity contribution in [2.24, 2.45) is 0 Å². The molecule has 0 atom stereocenters. The fourth-order valence-corrected chi connectivity index (χ4v) is 3.08. The highest BCUT2D eigenvalue weighted by Crippen LogP contribution is 2.21. The molecule has 0 aliphatic carbocycles. The molecule has 0 bridgehead atoms. The standard InChI is InChI=1S/C14H16Cl2N4/c15-11-6-10(7-12(16)8-11)9-17-14-19-18-13-4-2-1-3-5-20(13)14/h6-8H,1-5,9H2,(H,17,19). The van der Waals surface area contributed by atoms with Crippen molar-refractivity contribution in [3.8, 4) is 0 Å². The summed E-state index contributed by atoms with van der Waals surface area (Å²) in [5.74, 6) is 1.91. The quantitative estimate of drug-likeness (QED) is 0.934. The fourth-order valence-electron chi connectivity index (χ4n) is 2.51. The second kappa shape index (κ2) is 6.02. The minimum absolute atomic E-state index is 0.637. The van der Waals surface area contributed by atoms with E-state index in [2.05, 4.69) is 20.1 Å². The fraction of sp³-hybridized carbons (Fsp3) is 0.429. The molecule has 0 saturated carbocycles. The van der Waals surface area contributed by atoms with Crippen LogP contribution >= 0.6 is 23.2 Å². The van der Waals surface area contributed by atoms with E-state index in [-0.39, 0.29) is 0 Å². The summed E-state index contributed by atoms with van der Waals surface area (Å²) in [7, 11) is 0. The van der Waals surface area contributed by atoms with Crippen molar-refractivity contribution in [1.29, 1.82) is 0 Å². The molecule has 1 N–H and O–H groups in total. The van der Waals surface area contributed by atoms with Gasteiger partial charge in [-0.1, -0.05) is 29.6 Å². The second-order valence-electron chi connectivity index (χ2n) is 5.03. The Morgan fingerprint density at radius 3 is 2.65 bits per heavy atom. The first kappa shape index (κ1) is 13.7. The lowest BCUT2D eigenvalue weighted by Gasteiger charge is -2.09. The van der Waals surface area contributed by atoms with Gasteiger partial charge in [0.25, 0.3) is 0 Å². The number of anilines is 1. The van der Waals surface area contributed by atoms with E-state index in [1.165, 1.54) is 19.3 Å². The van der Waals surface area contributed by atoms with E-state index >= 15 is 0 Å². The van der Waals surface area contributed by atoms with E-state index in [4.69, 9.17) is 23.2 Å². The molecule has 2 heterocycles. The third kappa shape index (κ3) is 3.07. The molecule has 3 rings (SSSR count). The second-order valence-corrected chi connectivity index (χ2v) is 5.91. The summed E-state index contributed by atoms with van der Waals surface area (Å²) in [5, 5.41) is 13.1. The van der Waals surface area contributed by atoms with Crippen molar-refractivity contribution in [3.05, 3.63) is 39.6 Å². The van der Waals surface area contributed by atoms with E-state index in [9.17, 15) is 0 Å². The van der Waals surface area contributed by atoms with Gasteiger partial charge in [0.15, 0.2) is 0 Å². The number of aryl methyl sites for hydroxylation is 1. The summed E-state index contributed by atoms with van der Waals surface area (Å²) < 4.78 is 2.18. The van der Waals surface area contributed by atoms with Crippen LogP contribution in [-0.4, -0.2) is 14.8 Å². The summed E-state index contributed by atoms with van der Waals surface area (Å²) in [4.78, 5) is 0. The first-order chi connectivity index (χ1) is 9.72. The molecule has 0 fully saturated rings. The molecule has 4 nitrogen and oxygen atoms in total. The van der Waals surface area contributed by atoms with Crippen LogP contribution in [-0.2, 0) is 19.5 Å². The van der Waals surface area contributed by atoms with Crippen molar-refractivity contribution in [3.63, 3.8) is 0 Å². The van der Waals surface area contributed by atoms with Crippen LogP contribution in [0.3, 0.4) is 0 Å². The molecule has 106 valence electrons. The Hall–Kier alpha value is -1.26. The predicted molar refractivity (Wildman–Crippen MR) is 81.4 cm³/mol. The van der Waals surface area contributed by atoms with Gasteiger partial charge in [-0.2, -0.15) is 0 Å². The summed E-state index contributed by atoms with van der Waals surface area (Å²) in [6.45, 7) is 1.62. The normalized spacial score (nSPS) is 14.7. The van der Waals surface area contributed by atoms with Gasteiger partial charge in [0, 0.05) is 29.6 Å². The minimum atomic E-state index is 0.637. The van der Waals surface area contributed by atoms with Crippen molar-refractivity contribution in [1.82, 2.24) is 14.8 Å². The third-order valence-corrected chi connectivity index (χ3v) is 3.92. The number of nitrogens with zero attached hydrogens (tertiary/aromatic N) is 3. The monoisotopic (exact) mass is 310 g/mol. The van der Waals surface area contributed by atoms with Gasteiger partial charge in [0.2, 0.25) is 5.95 Å². The van der Waals surface area contributed by atoms with Gasteiger partial charge in [-0.3, -0.25) is 4.57 Å². The molecule has 1 aromatic carbocycles. The van der Waals surface area contributed by atoms with E-state index in [1.54, 1.807) is 6.07 Å². The van der Waals surface area contributed by atoms with Crippen LogP contribution < -0.4 is 5.32 Å². The molecular weight excluding hydrogens is 295 g/mol. The molecule has 0 spiro atoms. The van der Waals surface area contributed by atoms with Crippen LogP contribution in [0, 0.1) is 0 Å². The number of aromatic nitrogens is 3. The molecule has 1 aliphatic rings. The number of benzene rings is 1. The summed E-state index contributed by atoms with van der Waals surface area (Å²) in [5.41, 5.74) is 1.04. The Bertz CT molecular complexity index is 589. The molecule has 0 radical (unpaired) electrons. The molecule has 1 aromatic heterocycles. The first-order valence-electron chi connectivity index (χ1n) is 6.83. The number of rotatable bonds is 3. The molecule has 0 unspecified atom stereocenters. The average Bonchev–Trinajstić information content (AvgIpc) is 2.63. The maximum atomic E-state index is 6.00. The zero-order valence-electron chi connectivity index (χ0n) is 11.1. The van der Waals surface area contributed by atoms with Gasteiger partial charge in [0.05, 0.1) is 0 Å². The Morgan fingerprint density at radius 2 is 1.85 bits per heavy atom.